The number of nitrogens with zero attached hydrogens (tertiary/aromatic N) is 1. The van der Waals surface area contributed by atoms with Gasteiger partial charge in [0.2, 0.25) is 17.7 Å². The molecule has 0 aliphatic carbocycles. The Morgan fingerprint density at radius 2 is 1.76 bits per heavy atom. The van der Waals surface area contributed by atoms with E-state index in [4.69, 9.17) is 11.6 Å². The number of benzene rings is 3. The quantitative estimate of drug-likeness (QED) is 0.358. The third-order valence-corrected chi connectivity index (χ3v) is 8.19. The smallest absolute Gasteiger partial charge is 0.250 e. The molecule has 4 atom stereocenters. The Morgan fingerprint density at radius 1 is 0.973 bits per heavy atom. The van der Waals surface area contributed by atoms with Gasteiger partial charge in [-0.05, 0) is 42.3 Å². The molecule has 2 fully saturated rings. The molecule has 3 aromatic carbocycles. The first-order valence-corrected chi connectivity index (χ1v) is 12.3. The number of hydrogen-bond acceptors (Lipinski definition) is 4. The van der Waals surface area contributed by atoms with Crippen molar-refractivity contribution < 1.29 is 18.8 Å². The lowest BCUT2D eigenvalue weighted by Crippen LogP contribution is -2.53. The number of nitrogens with one attached hydrogen (secondary N) is 3. The minimum atomic E-state index is -1.41. The highest BCUT2D eigenvalue weighted by Crippen LogP contribution is 2.54. The van der Waals surface area contributed by atoms with Crippen LogP contribution in [0.3, 0.4) is 0 Å². The number of aromatic nitrogens is 1. The SMILES string of the molecule is O=C1[C@@H]2[C@H](Cc3c[nH]c4ccccc34)N[C@@]3(C(=O)Nc4ccccc43)[C@H]2C(=O)N1c1ccc(F)c(Cl)c1. The highest BCUT2D eigenvalue weighted by atomic mass is 35.5. The molecule has 0 saturated carbocycles. The first kappa shape index (κ1) is 22.2. The summed E-state index contributed by atoms with van der Waals surface area (Å²) in [5, 5.41) is 7.17. The van der Waals surface area contributed by atoms with Crippen molar-refractivity contribution in [1.29, 1.82) is 0 Å². The Bertz CT molecular complexity index is 1650. The van der Waals surface area contributed by atoms with E-state index in [0.717, 1.165) is 27.4 Å². The molecular weight excluding hydrogens is 495 g/mol. The van der Waals surface area contributed by atoms with Crippen molar-refractivity contribution in [3.8, 4) is 0 Å². The second-order valence-corrected chi connectivity index (χ2v) is 10.1. The molecule has 37 heavy (non-hydrogen) atoms. The summed E-state index contributed by atoms with van der Waals surface area (Å²) in [6.07, 6.45) is 2.31. The zero-order valence-electron chi connectivity index (χ0n) is 19.3. The maximum Gasteiger partial charge on any atom is 0.250 e. The van der Waals surface area contributed by atoms with Gasteiger partial charge in [0.1, 0.15) is 11.4 Å². The molecular formula is C28H20ClFN4O3. The van der Waals surface area contributed by atoms with Crippen molar-refractivity contribution in [1.82, 2.24) is 10.3 Å². The van der Waals surface area contributed by atoms with Gasteiger partial charge < -0.3 is 10.3 Å². The Hall–Kier alpha value is -4.01. The molecule has 1 spiro atoms. The van der Waals surface area contributed by atoms with Crippen LogP contribution in [0.5, 0.6) is 0 Å². The number of hydrogen-bond donors (Lipinski definition) is 3. The van der Waals surface area contributed by atoms with Crippen molar-refractivity contribution in [2.24, 2.45) is 11.8 Å². The first-order valence-electron chi connectivity index (χ1n) is 12.0. The lowest BCUT2D eigenvalue weighted by Gasteiger charge is -2.29. The van der Waals surface area contributed by atoms with E-state index in [1.165, 1.54) is 12.1 Å². The van der Waals surface area contributed by atoms with E-state index in [1.807, 2.05) is 42.6 Å². The summed E-state index contributed by atoms with van der Waals surface area (Å²) >= 11 is 5.99. The highest BCUT2D eigenvalue weighted by Gasteiger charge is 2.70. The Kier molecular flexibility index (Phi) is 4.65. The summed E-state index contributed by atoms with van der Waals surface area (Å²) in [6, 6.07) is 18.3. The van der Waals surface area contributed by atoms with Gasteiger partial charge in [-0.2, -0.15) is 0 Å². The van der Waals surface area contributed by atoms with Crippen LogP contribution < -0.4 is 15.5 Å². The molecule has 4 heterocycles. The van der Waals surface area contributed by atoms with Crippen LogP contribution in [0.25, 0.3) is 10.9 Å². The Labute approximate surface area is 215 Å². The van der Waals surface area contributed by atoms with E-state index in [-0.39, 0.29) is 16.6 Å². The second-order valence-electron chi connectivity index (χ2n) is 9.74. The lowest BCUT2D eigenvalue weighted by atomic mass is 9.76. The number of para-hydroxylation sites is 2. The maximum absolute atomic E-state index is 14.0. The topological polar surface area (TPSA) is 94.3 Å². The Morgan fingerprint density at radius 3 is 2.59 bits per heavy atom. The molecule has 7 rings (SSSR count). The molecule has 3 N–H and O–H groups in total. The van der Waals surface area contributed by atoms with E-state index in [0.29, 0.717) is 17.7 Å². The number of carbonyl (C=O) groups excluding carboxylic acids is 3. The van der Waals surface area contributed by atoms with E-state index in [1.54, 1.807) is 12.1 Å². The second kappa shape index (κ2) is 7.74. The molecule has 9 heteroatoms. The largest absolute Gasteiger partial charge is 0.361 e. The minimum absolute atomic E-state index is 0.184. The summed E-state index contributed by atoms with van der Waals surface area (Å²) in [4.78, 5) is 45.9. The number of rotatable bonds is 3. The predicted molar refractivity (Wildman–Crippen MR) is 137 cm³/mol. The average molecular weight is 515 g/mol. The standard InChI is InChI=1S/C28H20ClFN4O3/c29-18-12-15(9-10-19(18)30)34-25(35)23-22(11-14-13-31-20-7-3-1-5-16(14)20)33-28(24(23)26(34)36)17-6-2-4-8-21(17)32-27(28)37/h1-10,12-13,22-24,31,33H,11H2,(H,32,37)/t22-,23+,24+,28+/m0/s1. The van der Waals surface area contributed by atoms with Gasteiger partial charge in [0.25, 0.3) is 0 Å². The molecule has 1 aromatic heterocycles. The fourth-order valence-electron chi connectivity index (χ4n) is 6.35. The molecule has 0 bridgehead atoms. The van der Waals surface area contributed by atoms with Crippen LogP contribution in [0.15, 0.2) is 72.9 Å². The normalized spacial score (nSPS) is 26.3. The predicted octanol–water partition coefficient (Wildman–Crippen LogP) is 4.13. The number of aromatic amines is 1. The molecule has 0 radical (unpaired) electrons. The van der Waals surface area contributed by atoms with Gasteiger partial charge in [-0.3, -0.25) is 19.7 Å². The van der Waals surface area contributed by atoms with Gasteiger partial charge in [0.05, 0.1) is 22.5 Å². The molecule has 0 unspecified atom stereocenters. The zero-order valence-corrected chi connectivity index (χ0v) is 20.1. The average Bonchev–Trinajstić information content (AvgIpc) is 3.60. The third kappa shape index (κ3) is 2.94. The van der Waals surface area contributed by atoms with E-state index >= 15 is 0 Å². The van der Waals surface area contributed by atoms with Crippen LogP contribution in [0.2, 0.25) is 5.02 Å². The van der Waals surface area contributed by atoms with Crippen LogP contribution in [-0.2, 0) is 26.3 Å². The van der Waals surface area contributed by atoms with E-state index < -0.39 is 41.0 Å². The van der Waals surface area contributed by atoms with Crippen LogP contribution >= 0.6 is 11.6 Å². The summed E-state index contributed by atoms with van der Waals surface area (Å²) < 4.78 is 13.9. The monoisotopic (exact) mass is 514 g/mol. The first-order chi connectivity index (χ1) is 17.9. The van der Waals surface area contributed by atoms with E-state index in [2.05, 4.69) is 15.6 Å². The fraction of sp³-hybridized carbons (Fsp3) is 0.179. The van der Waals surface area contributed by atoms with Crippen molar-refractivity contribution in [3.63, 3.8) is 0 Å². The van der Waals surface area contributed by atoms with Gasteiger partial charge in [-0.1, -0.05) is 48.0 Å². The minimum Gasteiger partial charge on any atom is -0.361 e. The van der Waals surface area contributed by atoms with Crippen molar-refractivity contribution in [3.05, 3.63) is 94.9 Å². The molecule has 7 nitrogen and oxygen atoms in total. The van der Waals surface area contributed by atoms with Gasteiger partial charge >= 0.3 is 0 Å². The maximum atomic E-state index is 14.0. The number of fused-ring (bicyclic) bond motifs is 5. The number of anilines is 2. The highest BCUT2D eigenvalue weighted by molar-refractivity contribution is 6.32. The number of halogens is 2. The zero-order chi connectivity index (χ0) is 25.5. The third-order valence-electron chi connectivity index (χ3n) is 7.90. The number of carbonyl (C=O) groups is 3. The summed E-state index contributed by atoms with van der Waals surface area (Å²) in [5.41, 5.74) is 1.94. The summed E-state index contributed by atoms with van der Waals surface area (Å²) in [5.74, 6) is -3.78. The Balaban J connectivity index is 1.38. The van der Waals surface area contributed by atoms with Gasteiger partial charge in [0.15, 0.2) is 0 Å². The number of H-pyrrole nitrogens is 1. The van der Waals surface area contributed by atoms with Crippen molar-refractivity contribution >= 4 is 51.6 Å². The molecule has 3 aliphatic heterocycles. The van der Waals surface area contributed by atoms with Gasteiger partial charge in [-0.15, -0.1) is 0 Å². The van der Waals surface area contributed by atoms with Crippen LogP contribution in [0.4, 0.5) is 15.8 Å². The number of amides is 3. The van der Waals surface area contributed by atoms with Gasteiger partial charge in [-0.25, -0.2) is 9.29 Å². The summed E-state index contributed by atoms with van der Waals surface area (Å²) in [7, 11) is 0. The van der Waals surface area contributed by atoms with Crippen LogP contribution in [0.1, 0.15) is 11.1 Å². The lowest BCUT2D eigenvalue weighted by molar-refractivity contribution is -0.130. The van der Waals surface area contributed by atoms with Crippen molar-refractivity contribution in [2.75, 3.05) is 10.2 Å². The summed E-state index contributed by atoms with van der Waals surface area (Å²) in [6.45, 7) is 0. The van der Waals surface area contributed by atoms with E-state index in [9.17, 15) is 18.8 Å². The van der Waals surface area contributed by atoms with Crippen LogP contribution in [0, 0.1) is 17.7 Å². The van der Waals surface area contributed by atoms with Gasteiger partial charge in [0, 0.05) is 34.4 Å². The molecule has 184 valence electrons. The van der Waals surface area contributed by atoms with Crippen LogP contribution in [-0.4, -0.2) is 28.7 Å². The fourth-order valence-corrected chi connectivity index (χ4v) is 6.52. The molecule has 4 aromatic rings. The molecule has 3 aliphatic rings. The number of imide groups is 1. The molecule has 3 amide bonds. The molecule has 2 saturated heterocycles. The van der Waals surface area contributed by atoms with Crippen molar-refractivity contribution in [2.45, 2.75) is 18.0 Å².